The number of benzene rings is 1. The maximum Gasteiger partial charge on any atom is 0.270 e. The van der Waals surface area contributed by atoms with Crippen LogP contribution in [0.4, 0.5) is 17.5 Å². The van der Waals surface area contributed by atoms with E-state index in [2.05, 4.69) is 55.1 Å². The first-order chi connectivity index (χ1) is 24.7. The van der Waals surface area contributed by atoms with Crippen molar-refractivity contribution in [3.05, 3.63) is 71.7 Å². The molecule has 12 nitrogen and oxygen atoms in total. The van der Waals surface area contributed by atoms with Crippen molar-refractivity contribution in [1.29, 1.82) is 0 Å². The Morgan fingerprint density at radius 3 is 2.39 bits per heavy atom. The molecular weight excluding hydrogens is 642 g/mol. The molecule has 266 valence electrons. The van der Waals surface area contributed by atoms with Gasteiger partial charge in [0.25, 0.3) is 5.91 Å². The first-order valence-corrected chi connectivity index (χ1v) is 18.4. The summed E-state index contributed by atoms with van der Waals surface area (Å²) in [6.45, 7) is 6.48. The fourth-order valence-corrected chi connectivity index (χ4v) is 8.62. The number of anilines is 3. The zero-order valence-electron chi connectivity index (χ0n) is 29.8. The first-order valence-electron chi connectivity index (χ1n) is 18.4. The standard InChI is InChI=1S/C39H47N9O3/c1-25(47-23-39(24-47)16-18-46(19-17-39)29-11-8-26(9-12-29)31-13-15-34(49)43-36(31)50)27-10-14-33(40-21-27)42-38-41-22-28-20-32(37(51)45(2)3)48(35(28)44-38)30-6-4-5-7-30/h8-12,14,20-22,25,30-31H,4-7,13,15-19,23-24H2,1-3H3,(H,43,49,50)(H,40,41,42,44)/t25-,31+/m0/s1. The molecule has 0 unspecified atom stereocenters. The number of carbonyl (C=O) groups is 3. The third-order valence-electron chi connectivity index (χ3n) is 11.7. The molecule has 4 aromatic rings. The van der Waals surface area contributed by atoms with Gasteiger partial charge in [-0.1, -0.05) is 31.0 Å². The highest BCUT2D eigenvalue weighted by atomic mass is 16.2. The molecule has 0 radical (unpaired) electrons. The summed E-state index contributed by atoms with van der Waals surface area (Å²) in [5.74, 6) is 0.531. The summed E-state index contributed by atoms with van der Waals surface area (Å²) in [4.78, 5) is 57.7. The highest BCUT2D eigenvalue weighted by Crippen LogP contribution is 2.45. The quantitative estimate of drug-likeness (QED) is 0.228. The molecule has 4 fully saturated rings. The summed E-state index contributed by atoms with van der Waals surface area (Å²) < 4.78 is 2.13. The highest BCUT2D eigenvalue weighted by molar-refractivity contribution is 6.01. The zero-order chi connectivity index (χ0) is 35.3. The molecule has 6 heterocycles. The van der Waals surface area contributed by atoms with Gasteiger partial charge in [-0.15, -0.1) is 0 Å². The third-order valence-corrected chi connectivity index (χ3v) is 11.7. The number of nitrogens with zero attached hydrogens (tertiary/aromatic N) is 7. The number of amides is 3. The lowest BCUT2D eigenvalue weighted by Crippen LogP contribution is -2.60. The van der Waals surface area contributed by atoms with Crippen molar-refractivity contribution in [3.63, 3.8) is 0 Å². The number of rotatable bonds is 8. The minimum atomic E-state index is -0.244. The molecule has 1 aromatic carbocycles. The molecule has 2 N–H and O–H groups in total. The van der Waals surface area contributed by atoms with E-state index < -0.39 is 0 Å². The summed E-state index contributed by atoms with van der Waals surface area (Å²) >= 11 is 0. The van der Waals surface area contributed by atoms with Crippen molar-refractivity contribution < 1.29 is 14.4 Å². The second kappa shape index (κ2) is 13.4. The van der Waals surface area contributed by atoms with E-state index >= 15 is 0 Å². The maximum absolute atomic E-state index is 13.1. The minimum Gasteiger partial charge on any atom is -0.371 e. The topological polar surface area (TPSA) is 129 Å². The van der Waals surface area contributed by atoms with Gasteiger partial charge in [-0.05, 0) is 79.8 Å². The van der Waals surface area contributed by atoms with Crippen LogP contribution in [0.2, 0.25) is 0 Å². The molecule has 3 aliphatic heterocycles. The molecule has 1 saturated carbocycles. The molecule has 3 amide bonds. The van der Waals surface area contributed by atoms with Crippen molar-refractivity contribution in [2.24, 2.45) is 5.41 Å². The van der Waals surface area contributed by atoms with Gasteiger partial charge in [-0.25, -0.2) is 9.97 Å². The Bertz CT molecular complexity index is 1930. The summed E-state index contributed by atoms with van der Waals surface area (Å²) in [5.41, 5.74) is 5.17. The maximum atomic E-state index is 13.1. The van der Waals surface area contributed by atoms with Crippen LogP contribution >= 0.6 is 0 Å². The Morgan fingerprint density at radius 1 is 0.980 bits per heavy atom. The van der Waals surface area contributed by atoms with Gasteiger partial charge in [0.15, 0.2) is 0 Å². The number of likely N-dealkylation sites (tertiary alicyclic amines) is 1. The van der Waals surface area contributed by atoms with Gasteiger partial charge in [0.2, 0.25) is 17.8 Å². The second-order valence-electron chi connectivity index (χ2n) is 15.3. The molecule has 3 aromatic heterocycles. The molecule has 51 heavy (non-hydrogen) atoms. The number of fused-ring (bicyclic) bond motifs is 1. The van der Waals surface area contributed by atoms with E-state index in [1.165, 1.54) is 11.3 Å². The highest BCUT2D eigenvalue weighted by Gasteiger charge is 2.46. The van der Waals surface area contributed by atoms with E-state index in [-0.39, 0.29) is 35.7 Å². The predicted molar refractivity (Wildman–Crippen MR) is 196 cm³/mol. The Kier molecular flexibility index (Phi) is 8.73. The molecule has 0 bridgehead atoms. The Labute approximate surface area is 298 Å². The Hall–Kier alpha value is -4.84. The van der Waals surface area contributed by atoms with Crippen LogP contribution in [-0.2, 0) is 9.59 Å². The number of hydrogen-bond donors (Lipinski definition) is 2. The fraction of sp³-hybridized carbons (Fsp3) is 0.487. The molecule has 2 atom stereocenters. The monoisotopic (exact) mass is 689 g/mol. The van der Waals surface area contributed by atoms with E-state index in [4.69, 9.17) is 9.97 Å². The van der Waals surface area contributed by atoms with Crippen molar-refractivity contribution in [2.45, 2.75) is 76.3 Å². The van der Waals surface area contributed by atoms with Crippen molar-refractivity contribution >= 4 is 46.2 Å². The van der Waals surface area contributed by atoms with Crippen LogP contribution in [0.15, 0.2) is 54.9 Å². The van der Waals surface area contributed by atoms with E-state index in [1.807, 2.05) is 30.5 Å². The smallest absolute Gasteiger partial charge is 0.270 e. The third kappa shape index (κ3) is 6.45. The van der Waals surface area contributed by atoms with Crippen molar-refractivity contribution in [2.75, 3.05) is 50.5 Å². The number of imide groups is 1. The number of aromatic nitrogens is 4. The number of piperidine rings is 2. The van der Waals surface area contributed by atoms with E-state index in [0.29, 0.717) is 35.7 Å². The lowest BCUT2D eigenvalue weighted by Gasteiger charge is -2.56. The van der Waals surface area contributed by atoms with Crippen LogP contribution in [0.3, 0.4) is 0 Å². The molecular formula is C39H47N9O3. The van der Waals surface area contributed by atoms with Gasteiger partial charge in [-0.3, -0.25) is 24.6 Å². The predicted octanol–water partition coefficient (Wildman–Crippen LogP) is 5.57. The molecule has 12 heteroatoms. The molecule has 3 saturated heterocycles. The molecule has 1 spiro atoms. The van der Waals surface area contributed by atoms with Crippen LogP contribution in [-0.4, -0.2) is 87.3 Å². The summed E-state index contributed by atoms with van der Waals surface area (Å²) in [7, 11) is 3.57. The number of pyridine rings is 1. The van der Waals surface area contributed by atoms with Gasteiger partial charge >= 0.3 is 0 Å². The van der Waals surface area contributed by atoms with E-state index in [1.54, 1.807) is 25.2 Å². The second-order valence-corrected chi connectivity index (χ2v) is 15.3. The lowest BCUT2D eigenvalue weighted by molar-refractivity contribution is -0.134. The van der Waals surface area contributed by atoms with Crippen molar-refractivity contribution in [3.8, 4) is 0 Å². The van der Waals surface area contributed by atoms with E-state index in [0.717, 1.165) is 81.3 Å². The minimum absolute atomic E-state index is 0.0185. The average molecular weight is 690 g/mol. The van der Waals surface area contributed by atoms with Gasteiger partial charge in [-0.2, -0.15) is 4.98 Å². The van der Waals surface area contributed by atoms with Crippen molar-refractivity contribution in [1.82, 2.24) is 34.6 Å². The Balaban J connectivity index is 0.864. The number of nitrogens with one attached hydrogen (secondary N) is 2. The first kappa shape index (κ1) is 33.3. The van der Waals surface area contributed by atoms with Crippen LogP contribution in [0.1, 0.15) is 97.9 Å². The van der Waals surface area contributed by atoms with E-state index in [9.17, 15) is 14.4 Å². The molecule has 8 rings (SSSR count). The summed E-state index contributed by atoms with van der Waals surface area (Å²) in [6, 6.07) is 14.9. The molecule has 4 aliphatic rings. The fourth-order valence-electron chi connectivity index (χ4n) is 8.62. The molecule has 1 aliphatic carbocycles. The number of carbonyl (C=O) groups excluding carboxylic acids is 3. The van der Waals surface area contributed by atoms with Gasteiger partial charge in [0.05, 0.1) is 5.92 Å². The normalized spacial score (nSPS) is 21.5. The van der Waals surface area contributed by atoms with Gasteiger partial charge < -0.3 is 19.7 Å². The summed E-state index contributed by atoms with van der Waals surface area (Å²) in [5, 5.41) is 6.63. The largest absolute Gasteiger partial charge is 0.371 e. The summed E-state index contributed by atoms with van der Waals surface area (Å²) in [6.07, 6.45) is 11.5. The van der Waals surface area contributed by atoms with Crippen LogP contribution in [0, 0.1) is 5.41 Å². The van der Waals surface area contributed by atoms with Crippen LogP contribution in [0.25, 0.3) is 11.0 Å². The average Bonchev–Trinajstić information content (AvgIpc) is 3.79. The lowest BCUT2D eigenvalue weighted by atomic mass is 9.71. The number of hydrogen-bond acceptors (Lipinski definition) is 9. The Morgan fingerprint density at radius 2 is 1.73 bits per heavy atom. The van der Waals surface area contributed by atoms with Gasteiger partial charge in [0.1, 0.15) is 17.2 Å². The van der Waals surface area contributed by atoms with Gasteiger partial charge in [0, 0.05) is 82.2 Å². The SMILES string of the molecule is C[C@@H](c1ccc(Nc2ncc3cc(C(=O)N(C)C)n(C4CCCC4)c3n2)nc1)N1CC2(CCN(c3ccc([C@H]4CCC(=O)NC4=O)cc3)CC2)C1. The zero-order valence-corrected chi connectivity index (χ0v) is 29.8. The van der Waals surface area contributed by atoms with Crippen LogP contribution < -0.4 is 15.5 Å². The van der Waals surface area contributed by atoms with Crippen LogP contribution in [0.5, 0.6) is 0 Å².